The van der Waals surface area contributed by atoms with E-state index in [0.717, 1.165) is 0 Å². The first-order chi connectivity index (χ1) is 12.0. The maximum absolute atomic E-state index is 12.8. The molecule has 0 bridgehead atoms. The van der Waals surface area contributed by atoms with Crippen molar-refractivity contribution in [3.63, 3.8) is 0 Å². The molecule has 2 aromatic rings. The van der Waals surface area contributed by atoms with Gasteiger partial charge < -0.3 is 4.74 Å². The lowest BCUT2D eigenvalue weighted by molar-refractivity contribution is 0.326. The van der Waals surface area contributed by atoms with Gasteiger partial charge in [0.25, 0.3) is 5.56 Å². The molecule has 0 aromatic carbocycles. The zero-order valence-electron chi connectivity index (χ0n) is 14.2. The third-order valence-electron chi connectivity index (χ3n) is 4.14. The van der Waals surface area contributed by atoms with Crippen molar-refractivity contribution < 1.29 is 13.2 Å². The molecule has 0 radical (unpaired) electrons. The van der Waals surface area contributed by atoms with E-state index in [9.17, 15) is 13.2 Å². The Bertz CT molecular complexity index is 922. The van der Waals surface area contributed by atoms with Crippen molar-refractivity contribution in [2.75, 3.05) is 13.2 Å². The monoisotopic (exact) mass is 364 g/mol. The van der Waals surface area contributed by atoms with Gasteiger partial charge in [0, 0.05) is 24.7 Å². The van der Waals surface area contributed by atoms with Crippen LogP contribution in [0.25, 0.3) is 0 Å². The quantitative estimate of drug-likeness (QED) is 0.779. The highest BCUT2D eigenvalue weighted by molar-refractivity contribution is 7.89. The Labute approximate surface area is 146 Å². The van der Waals surface area contributed by atoms with E-state index in [4.69, 9.17) is 4.74 Å². The van der Waals surface area contributed by atoms with Crippen molar-refractivity contribution >= 4 is 10.0 Å². The Hall–Kier alpha value is -2.26. The first kappa shape index (κ1) is 17.6. The van der Waals surface area contributed by atoms with E-state index in [1.54, 1.807) is 0 Å². The van der Waals surface area contributed by atoms with Crippen LogP contribution in [0.2, 0.25) is 0 Å². The molecule has 25 heavy (non-hydrogen) atoms. The van der Waals surface area contributed by atoms with Gasteiger partial charge in [-0.25, -0.2) is 18.4 Å². The summed E-state index contributed by atoms with van der Waals surface area (Å²) in [6, 6.07) is 3.01. The highest BCUT2D eigenvalue weighted by Gasteiger charge is 2.30. The van der Waals surface area contributed by atoms with Crippen LogP contribution in [0.1, 0.15) is 25.1 Å². The average Bonchev–Trinajstić information content (AvgIpc) is 2.62. The van der Waals surface area contributed by atoms with Crippen molar-refractivity contribution in [2.45, 2.75) is 38.3 Å². The third kappa shape index (κ3) is 3.29. The van der Waals surface area contributed by atoms with E-state index in [0.29, 0.717) is 36.7 Å². The number of aromatic nitrogens is 3. The summed E-state index contributed by atoms with van der Waals surface area (Å²) < 4.78 is 33.7. The number of aryl methyl sites for hydroxylation is 1. The molecular weight excluding hydrogens is 344 g/mol. The van der Waals surface area contributed by atoms with Crippen molar-refractivity contribution in [3.8, 4) is 5.88 Å². The normalized spacial score (nSPS) is 15.0. The summed E-state index contributed by atoms with van der Waals surface area (Å²) in [5, 5.41) is 0. The summed E-state index contributed by atoms with van der Waals surface area (Å²) in [7, 11) is -3.70. The molecule has 0 aliphatic carbocycles. The fraction of sp³-hybridized carbons (Fsp3) is 0.438. The van der Waals surface area contributed by atoms with Gasteiger partial charge in [-0.3, -0.25) is 9.36 Å². The fourth-order valence-electron chi connectivity index (χ4n) is 2.77. The molecule has 0 fully saturated rings. The average molecular weight is 364 g/mol. The molecule has 1 aliphatic rings. The largest absolute Gasteiger partial charge is 0.478 e. The molecule has 0 unspecified atom stereocenters. The summed E-state index contributed by atoms with van der Waals surface area (Å²) in [6.07, 6.45) is 3.11. The van der Waals surface area contributed by atoms with E-state index in [1.807, 2.05) is 13.8 Å². The lowest BCUT2D eigenvalue weighted by atomic mass is 10.1. The van der Waals surface area contributed by atoms with Crippen molar-refractivity contribution in [3.05, 3.63) is 46.3 Å². The minimum atomic E-state index is -3.70. The van der Waals surface area contributed by atoms with E-state index < -0.39 is 10.0 Å². The number of ether oxygens (including phenoxy) is 1. The Morgan fingerprint density at radius 1 is 1.24 bits per heavy atom. The SMILES string of the molecule is CCOc1ccc(S(=O)(=O)N2CCc3c(ncn(CC)c3=O)C2)cn1. The van der Waals surface area contributed by atoms with E-state index >= 15 is 0 Å². The van der Waals surface area contributed by atoms with Crippen LogP contribution < -0.4 is 10.3 Å². The second-order valence-corrected chi connectivity index (χ2v) is 7.55. The second kappa shape index (κ2) is 6.93. The van der Waals surface area contributed by atoms with Gasteiger partial charge in [0.15, 0.2) is 0 Å². The van der Waals surface area contributed by atoms with Gasteiger partial charge in [-0.1, -0.05) is 0 Å². The van der Waals surface area contributed by atoms with Crippen molar-refractivity contribution in [1.82, 2.24) is 18.8 Å². The number of rotatable bonds is 5. The van der Waals surface area contributed by atoms with Gasteiger partial charge in [0.2, 0.25) is 15.9 Å². The lowest BCUT2D eigenvalue weighted by Crippen LogP contribution is -2.40. The number of sulfonamides is 1. The van der Waals surface area contributed by atoms with Crippen LogP contribution in [0.15, 0.2) is 34.3 Å². The smallest absolute Gasteiger partial charge is 0.256 e. The molecule has 0 saturated heterocycles. The second-order valence-electron chi connectivity index (χ2n) is 5.61. The first-order valence-corrected chi connectivity index (χ1v) is 9.57. The van der Waals surface area contributed by atoms with Gasteiger partial charge >= 0.3 is 0 Å². The molecule has 9 heteroatoms. The molecule has 0 saturated carbocycles. The summed E-state index contributed by atoms with van der Waals surface area (Å²) >= 11 is 0. The molecule has 8 nitrogen and oxygen atoms in total. The van der Waals surface area contributed by atoms with Gasteiger partial charge in [0.1, 0.15) is 4.90 Å². The number of pyridine rings is 1. The molecule has 0 N–H and O–H groups in total. The van der Waals surface area contributed by atoms with Crippen LogP contribution in [0.5, 0.6) is 5.88 Å². The number of fused-ring (bicyclic) bond motifs is 1. The molecule has 1 aliphatic heterocycles. The zero-order chi connectivity index (χ0) is 18.0. The van der Waals surface area contributed by atoms with Crippen LogP contribution in [0.3, 0.4) is 0 Å². The summed E-state index contributed by atoms with van der Waals surface area (Å²) in [5.74, 6) is 0.382. The van der Waals surface area contributed by atoms with Crippen LogP contribution in [-0.4, -0.2) is 40.4 Å². The molecule has 134 valence electrons. The molecule has 0 atom stereocenters. The highest BCUT2D eigenvalue weighted by Crippen LogP contribution is 2.23. The zero-order valence-corrected chi connectivity index (χ0v) is 15.0. The highest BCUT2D eigenvalue weighted by atomic mass is 32.2. The predicted molar refractivity (Wildman–Crippen MR) is 90.9 cm³/mol. The predicted octanol–water partition coefficient (Wildman–Crippen LogP) is 0.804. The standard InChI is InChI=1S/C16H20N4O4S/c1-3-19-11-18-14-10-20(8-7-13(14)16(19)21)25(22,23)12-5-6-15(17-9-12)24-4-2/h5-6,9,11H,3-4,7-8,10H2,1-2H3. The Balaban J connectivity index is 1.87. The van der Waals surface area contributed by atoms with Crippen LogP contribution >= 0.6 is 0 Å². The van der Waals surface area contributed by atoms with E-state index in [1.165, 1.54) is 33.5 Å². The molecule has 2 aromatic heterocycles. The van der Waals surface area contributed by atoms with E-state index in [2.05, 4.69) is 9.97 Å². The fourth-order valence-corrected chi connectivity index (χ4v) is 4.12. The Morgan fingerprint density at radius 3 is 2.68 bits per heavy atom. The molecule has 3 heterocycles. The first-order valence-electron chi connectivity index (χ1n) is 8.13. The number of hydrogen-bond acceptors (Lipinski definition) is 6. The number of hydrogen-bond donors (Lipinski definition) is 0. The lowest BCUT2D eigenvalue weighted by Gasteiger charge is -2.27. The topological polar surface area (TPSA) is 94.4 Å². The van der Waals surface area contributed by atoms with Crippen LogP contribution in [0.4, 0.5) is 0 Å². The van der Waals surface area contributed by atoms with Gasteiger partial charge in [-0.2, -0.15) is 4.31 Å². The van der Waals surface area contributed by atoms with Gasteiger partial charge in [-0.15, -0.1) is 0 Å². The molecular formula is C16H20N4O4S. The summed E-state index contributed by atoms with van der Waals surface area (Å²) in [5.41, 5.74) is 1.02. The Morgan fingerprint density at radius 2 is 2.04 bits per heavy atom. The van der Waals surface area contributed by atoms with Crippen molar-refractivity contribution in [1.29, 1.82) is 0 Å². The number of nitrogens with zero attached hydrogens (tertiary/aromatic N) is 4. The van der Waals surface area contributed by atoms with Crippen LogP contribution in [0, 0.1) is 0 Å². The maximum Gasteiger partial charge on any atom is 0.256 e. The van der Waals surface area contributed by atoms with Gasteiger partial charge in [-0.05, 0) is 26.3 Å². The molecule has 0 spiro atoms. The van der Waals surface area contributed by atoms with Crippen LogP contribution in [-0.2, 0) is 29.5 Å². The minimum absolute atomic E-state index is 0.0880. The summed E-state index contributed by atoms with van der Waals surface area (Å²) in [4.78, 5) is 20.7. The maximum atomic E-state index is 12.8. The third-order valence-corrected chi connectivity index (χ3v) is 5.97. The minimum Gasteiger partial charge on any atom is -0.478 e. The Kier molecular flexibility index (Phi) is 4.87. The molecule has 3 rings (SSSR count). The molecule has 0 amide bonds. The van der Waals surface area contributed by atoms with Gasteiger partial charge in [0.05, 0.1) is 31.4 Å². The van der Waals surface area contributed by atoms with E-state index in [-0.39, 0.29) is 23.5 Å². The summed E-state index contributed by atoms with van der Waals surface area (Å²) in [6.45, 7) is 5.03. The van der Waals surface area contributed by atoms with Crippen molar-refractivity contribution in [2.24, 2.45) is 0 Å².